The zero-order valence-electron chi connectivity index (χ0n) is 10.1. The first-order valence-electron chi connectivity index (χ1n) is 5.79. The predicted octanol–water partition coefficient (Wildman–Crippen LogP) is 3.65. The Labute approximate surface area is 93.0 Å². The lowest BCUT2D eigenvalue weighted by Gasteiger charge is -2.19. The normalized spacial score (nSPS) is 17.0. The quantitative estimate of drug-likeness (QED) is 0.623. The van der Waals surface area contributed by atoms with Crippen LogP contribution < -0.4 is 0 Å². The van der Waals surface area contributed by atoms with E-state index in [1.807, 2.05) is 0 Å². The molecule has 2 heteroatoms. The van der Waals surface area contributed by atoms with E-state index >= 15 is 0 Å². The highest BCUT2D eigenvalue weighted by atomic mass is 16.5. The number of hydrogen-bond donors (Lipinski definition) is 0. The van der Waals surface area contributed by atoms with Gasteiger partial charge >= 0.3 is 0 Å². The molecule has 86 valence electrons. The van der Waals surface area contributed by atoms with E-state index in [-0.39, 0.29) is 0 Å². The molecule has 0 aliphatic heterocycles. The molecule has 0 spiro atoms. The highest BCUT2D eigenvalue weighted by Gasteiger charge is 2.14. The lowest BCUT2D eigenvalue weighted by molar-refractivity contribution is 0.228. The Morgan fingerprint density at radius 1 is 1.13 bits per heavy atom. The second-order valence-electron chi connectivity index (χ2n) is 4.01. The SMILES string of the molecule is CCCCCC1C=C(OC)CC(OC)=C1. The second kappa shape index (κ2) is 6.54. The van der Waals surface area contributed by atoms with Crippen molar-refractivity contribution in [3.63, 3.8) is 0 Å². The Hall–Kier alpha value is -0.920. The second-order valence-corrected chi connectivity index (χ2v) is 4.01. The van der Waals surface area contributed by atoms with Crippen LogP contribution in [0.1, 0.15) is 39.0 Å². The minimum atomic E-state index is 0.496. The Kier molecular flexibility index (Phi) is 5.30. The molecule has 1 aliphatic carbocycles. The van der Waals surface area contributed by atoms with Crippen LogP contribution in [0.5, 0.6) is 0 Å². The third-order valence-electron chi connectivity index (χ3n) is 2.81. The van der Waals surface area contributed by atoms with Crippen LogP contribution in [-0.4, -0.2) is 14.2 Å². The van der Waals surface area contributed by atoms with E-state index < -0.39 is 0 Å². The van der Waals surface area contributed by atoms with Gasteiger partial charge in [-0.2, -0.15) is 0 Å². The lowest BCUT2D eigenvalue weighted by atomic mass is 9.95. The van der Waals surface area contributed by atoms with Gasteiger partial charge in [0.25, 0.3) is 0 Å². The van der Waals surface area contributed by atoms with E-state index in [4.69, 9.17) is 9.47 Å². The summed E-state index contributed by atoms with van der Waals surface area (Å²) < 4.78 is 10.6. The first-order valence-corrected chi connectivity index (χ1v) is 5.79. The molecule has 0 aromatic rings. The number of allylic oxidation sites excluding steroid dienone is 2. The van der Waals surface area contributed by atoms with E-state index in [2.05, 4.69) is 19.1 Å². The molecule has 0 saturated carbocycles. The van der Waals surface area contributed by atoms with Crippen molar-refractivity contribution in [3.05, 3.63) is 23.7 Å². The van der Waals surface area contributed by atoms with Crippen LogP contribution >= 0.6 is 0 Å². The molecule has 0 saturated heterocycles. The van der Waals surface area contributed by atoms with Crippen LogP contribution in [0.25, 0.3) is 0 Å². The Morgan fingerprint density at radius 2 is 1.73 bits per heavy atom. The van der Waals surface area contributed by atoms with E-state index in [0.29, 0.717) is 5.92 Å². The number of methoxy groups -OCH3 is 2. The average molecular weight is 210 g/mol. The first-order chi connectivity index (χ1) is 7.30. The number of hydrogen-bond acceptors (Lipinski definition) is 2. The third-order valence-corrected chi connectivity index (χ3v) is 2.81. The summed E-state index contributed by atoms with van der Waals surface area (Å²) in [4.78, 5) is 0. The van der Waals surface area contributed by atoms with Crippen molar-refractivity contribution in [1.82, 2.24) is 0 Å². The van der Waals surface area contributed by atoms with Crippen molar-refractivity contribution in [2.45, 2.75) is 39.0 Å². The van der Waals surface area contributed by atoms with Crippen molar-refractivity contribution in [2.75, 3.05) is 14.2 Å². The smallest absolute Gasteiger partial charge is 0.0996 e. The summed E-state index contributed by atoms with van der Waals surface area (Å²) in [5.41, 5.74) is 0. The molecule has 0 amide bonds. The van der Waals surface area contributed by atoms with Crippen molar-refractivity contribution in [1.29, 1.82) is 0 Å². The van der Waals surface area contributed by atoms with Crippen LogP contribution in [0.2, 0.25) is 0 Å². The number of unbranched alkanes of at least 4 members (excludes halogenated alkanes) is 2. The molecular formula is C13H22O2. The number of rotatable bonds is 6. The van der Waals surface area contributed by atoms with Gasteiger partial charge in [0.05, 0.1) is 32.2 Å². The lowest BCUT2D eigenvalue weighted by Crippen LogP contribution is -2.06. The summed E-state index contributed by atoms with van der Waals surface area (Å²) in [5.74, 6) is 2.57. The van der Waals surface area contributed by atoms with Gasteiger partial charge in [-0.15, -0.1) is 0 Å². The maximum absolute atomic E-state index is 5.30. The van der Waals surface area contributed by atoms with Crippen LogP contribution in [-0.2, 0) is 9.47 Å². The largest absolute Gasteiger partial charge is 0.501 e. The Bertz CT molecular complexity index is 221. The maximum atomic E-state index is 5.30. The molecule has 0 aromatic carbocycles. The summed E-state index contributed by atoms with van der Waals surface area (Å²) in [6, 6.07) is 0. The van der Waals surface area contributed by atoms with Gasteiger partial charge in [0.1, 0.15) is 0 Å². The molecule has 1 rings (SSSR count). The maximum Gasteiger partial charge on any atom is 0.0996 e. The van der Waals surface area contributed by atoms with E-state index in [1.54, 1.807) is 14.2 Å². The van der Waals surface area contributed by atoms with Crippen molar-refractivity contribution in [3.8, 4) is 0 Å². The standard InChI is InChI=1S/C13H22O2/c1-4-5-6-7-11-8-12(14-2)10-13(9-11)15-3/h8-9,11H,4-7,10H2,1-3H3. The van der Waals surface area contributed by atoms with Gasteiger partial charge in [0.15, 0.2) is 0 Å². The van der Waals surface area contributed by atoms with Crippen molar-refractivity contribution >= 4 is 0 Å². The minimum absolute atomic E-state index is 0.496. The van der Waals surface area contributed by atoms with Crippen molar-refractivity contribution < 1.29 is 9.47 Å². The molecule has 0 radical (unpaired) electrons. The van der Waals surface area contributed by atoms with Crippen LogP contribution in [0.15, 0.2) is 23.7 Å². The van der Waals surface area contributed by atoms with Gasteiger partial charge < -0.3 is 9.47 Å². The molecule has 2 nitrogen and oxygen atoms in total. The molecule has 0 aromatic heterocycles. The molecule has 0 N–H and O–H groups in total. The average Bonchev–Trinajstić information content (AvgIpc) is 2.29. The van der Waals surface area contributed by atoms with Gasteiger partial charge in [-0.3, -0.25) is 0 Å². The van der Waals surface area contributed by atoms with E-state index in [1.165, 1.54) is 25.7 Å². The summed E-state index contributed by atoms with van der Waals surface area (Å²) in [6.45, 7) is 2.23. The van der Waals surface area contributed by atoms with Gasteiger partial charge in [-0.05, 0) is 18.6 Å². The summed E-state index contributed by atoms with van der Waals surface area (Å²) in [7, 11) is 3.46. The molecule has 1 aliphatic rings. The van der Waals surface area contributed by atoms with Crippen molar-refractivity contribution in [2.24, 2.45) is 5.92 Å². The molecular weight excluding hydrogens is 188 g/mol. The van der Waals surface area contributed by atoms with Gasteiger partial charge in [0.2, 0.25) is 0 Å². The zero-order chi connectivity index (χ0) is 11.1. The summed E-state index contributed by atoms with van der Waals surface area (Å²) in [6.07, 6.45) is 10.3. The van der Waals surface area contributed by atoms with Gasteiger partial charge in [0, 0.05) is 5.92 Å². The fourth-order valence-electron chi connectivity index (χ4n) is 1.89. The Morgan fingerprint density at radius 3 is 2.20 bits per heavy atom. The molecule has 0 unspecified atom stereocenters. The van der Waals surface area contributed by atoms with Gasteiger partial charge in [-0.25, -0.2) is 0 Å². The van der Waals surface area contributed by atoms with E-state index in [0.717, 1.165) is 17.9 Å². The van der Waals surface area contributed by atoms with Crippen LogP contribution in [0, 0.1) is 5.92 Å². The topological polar surface area (TPSA) is 18.5 Å². The highest BCUT2D eigenvalue weighted by molar-refractivity contribution is 5.18. The summed E-state index contributed by atoms with van der Waals surface area (Å²) in [5, 5.41) is 0. The molecule has 0 heterocycles. The fourth-order valence-corrected chi connectivity index (χ4v) is 1.89. The third kappa shape index (κ3) is 3.98. The Balaban J connectivity index is 2.48. The van der Waals surface area contributed by atoms with Gasteiger partial charge in [-0.1, -0.05) is 26.2 Å². The molecule has 0 fully saturated rings. The van der Waals surface area contributed by atoms with E-state index in [9.17, 15) is 0 Å². The fraction of sp³-hybridized carbons (Fsp3) is 0.692. The molecule has 0 bridgehead atoms. The highest BCUT2D eigenvalue weighted by Crippen LogP contribution is 2.26. The van der Waals surface area contributed by atoms with Crippen LogP contribution in [0.4, 0.5) is 0 Å². The monoisotopic (exact) mass is 210 g/mol. The first kappa shape index (κ1) is 12.2. The minimum Gasteiger partial charge on any atom is -0.501 e. The summed E-state index contributed by atoms with van der Waals surface area (Å²) >= 11 is 0. The molecule has 0 atom stereocenters. The zero-order valence-corrected chi connectivity index (χ0v) is 10.1. The number of ether oxygens (including phenoxy) is 2. The predicted molar refractivity (Wildman–Crippen MR) is 62.4 cm³/mol. The van der Waals surface area contributed by atoms with Crippen LogP contribution in [0.3, 0.4) is 0 Å². The molecule has 15 heavy (non-hydrogen) atoms.